The Labute approximate surface area is 90.4 Å². The summed E-state index contributed by atoms with van der Waals surface area (Å²) in [7, 11) is 0. The monoisotopic (exact) mass is 201 g/mol. The van der Waals surface area contributed by atoms with Crippen LogP contribution in [0.3, 0.4) is 0 Å². The zero-order chi connectivity index (χ0) is 10.7. The maximum Gasteiger partial charge on any atom is 0.0672 e. The Balaban J connectivity index is 2.00. The highest BCUT2D eigenvalue weighted by molar-refractivity contribution is 5.09. The Bertz CT molecular complexity index is 355. The lowest BCUT2D eigenvalue weighted by Gasteiger charge is -2.21. The third kappa shape index (κ3) is 2.16. The van der Waals surface area contributed by atoms with Gasteiger partial charge >= 0.3 is 0 Å². The van der Waals surface area contributed by atoms with Crippen molar-refractivity contribution in [2.45, 2.75) is 25.9 Å². The normalized spacial score (nSPS) is 26.4. The summed E-state index contributed by atoms with van der Waals surface area (Å²) in [6.07, 6.45) is 4.68. The van der Waals surface area contributed by atoms with Gasteiger partial charge in [-0.25, -0.2) is 0 Å². The molecule has 0 aliphatic carbocycles. The van der Waals surface area contributed by atoms with E-state index in [0.29, 0.717) is 6.04 Å². The van der Waals surface area contributed by atoms with Crippen LogP contribution < -0.4 is 0 Å². The van der Waals surface area contributed by atoms with Gasteiger partial charge in [-0.2, -0.15) is 5.26 Å². The van der Waals surface area contributed by atoms with Crippen molar-refractivity contribution in [2.24, 2.45) is 5.92 Å². The summed E-state index contributed by atoms with van der Waals surface area (Å²) in [5.74, 6) is 0.196. The molecule has 0 radical (unpaired) electrons. The van der Waals surface area contributed by atoms with E-state index >= 15 is 0 Å². The van der Waals surface area contributed by atoms with Crippen LogP contribution in [-0.2, 0) is 6.54 Å². The second-order valence-corrected chi connectivity index (χ2v) is 4.10. The SMILES string of the molecule is CC1C(C#N)CCN1Cc1cccnc1. The zero-order valence-corrected chi connectivity index (χ0v) is 8.93. The fourth-order valence-electron chi connectivity index (χ4n) is 2.13. The van der Waals surface area contributed by atoms with Crippen molar-refractivity contribution in [3.63, 3.8) is 0 Å². The largest absolute Gasteiger partial charge is 0.295 e. The molecule has 0 aromatic carbocycles. The lowest BCUT2D eigenvalue weighted by Crippen LogP contribution is -2.29. The molecule has 0 spiro atoms. The second-order valence-electron chi connectivity index (χ2n) is 4.10. The number of likely N-dealkylation sites (tertiary alicyclic amines) is 1. The van der Waals surface area contributed by atoms with Gasteiger partial charge in [-0.3, -0.25) is 9.88 Å². The lowest BCUT2D eigenvalue weighted by atomic mass is 10.0. The molecule has 0 N–H and O–H groups in total. The van der Waals surface area contributed by atoms with Crippen LogP contribution in [0.4, 0.5) is 0 Å². The molecule has 2 unspecified atom stereocenters. The Morgan fingerprint density at radius 2 is 2.53 bits per heavy atom. The van der Waals surface area contributed by atoms with E-state index in [1.807, 2.05) is 12.3 Å². The minimum Gasteiger partial charge on any atom is -0.295 e. The van der Waals surface area contributed by atoms with E-state index in [1.54, 1.807) is 6.20 Å². The van der Waals surface area contributed by atoms with Crippen LogP contribution in [0.1, 0.15) is 18.9 Å². The highest BCUT2D eigenvalue weighted by Crippen LogP contribution is 2.24. The molecule has 2 rings (SSSR count). The van der Waals surface area contributed by atoms with Gasteiger partial charge in [0.1, 0.15) is 0 Å². The van der Waals surface area contributed by atoms with Gasteiger partial charge in [-0.1, -0.05) is 6.07 Å². The quantitative estimate of drug-likeness (QED) is 0.732. The molecule has 0 amide bonds. The molecular weight excluding hydrogens is 186 g/mol. The van der Waals surface area contributed by atoms with Crippen LogP contribution in [0.2, 0.25) is 0 Å². The first-order chi connectivity index (χ1) is 7.31. The highest BCUT2D eigenvalue weighted by atomic mass is 15.2. The van der Waals surface area contributed by atoms with Crippen molar-refractivity contribution >= 4 is 0 Å². The number of hydrogen-bond acceptors (Lipinski definition) is 3. The molecule has 15 heavy (non-hydrogen) atoms. The van der Waals surface area contributed by atoms with Crippen molar-refractivity contribution in [2.75, 3.05) is 6.54 Å². The summed E-state index contributed by atoms with van der Waals surface area (Å²) < 4.78 is 0. The molecule has 1 aliphatic heterocycles. The molecule has 1 aromatic heterocycles. The van der Waals surface area contributed by atoms with Crippen molar-refractivity contribution in [1.82, 2.24) is 9.88 Å². The number of hydrogen-bond donors (Lipinski definition) is 0. The van der Waals surface area contributed by atoms with Gasteiger partial charge in [0.25, 0.3) is 0 Å². The van der Waals surface area contributed by atoms with Gasteiger partial charge in [0, 0.05) is 31.5 Å². The maximum absolute atomic E-state index is 8.93. The Kier molecular flexibility index (Phi) is 2.98. The minimum atomic E-state index is 0.196. The van der Waals surface area contributed by atoms with Crippen molar-refractivity contribution in [1.29, 1.82) is 5.26 Å². The van der Waals surface area contributed by atoms with Crippen LogP contribution in [0, 0.1) is 17.2 Å². The number of aromatic nitrogens is 1. The van der Waals surface area contributed by atoms with Crippen LogP contribution in [0.15, 0.2) is 24.5 Å². The van der Waals surface area contributed by atoms with Gasteiger partial charge in [0.05, 0.1) is 12.0 Å². The van der Waals surface area contributed by atoms with E-state index in [9.17, 15) is 0 Å². The fraction of sp³-hybridized carbons (Fsp3) is 0.500. The summed E-state index contributed by atoms with van der Waals surface area (Å²) in [6, 6.07) is 6.78. The predicted octanol–water partition coefficient (Wildman–Crippen LogP) is 1.82. The maximum atomic E-state index is 8.93. The van der Waals surface area contributed by atoms with Gasteiger partial charge < -0.3 is 0 Å². The van der Waals surface area contributed by atoms with Gasteiger partial charge in [-0.15, -0.1) is 0 Å². The molecular formula is C12H15N3. The summed E-state index contributed by atoms with van der Waals surface area (Å²) in [5.41, 5.74) is 1.22. The topological polar surface area (TPSA) is 39.9 Å². The lowest BCUT2D eigenvalue weighted by molar-refractivity contribution is 0.247. The zero-order valence-electron chi connectivity index (χ0n) is 8.93. The number of nitrogens with zero attached hydrogens (tertiary/aromatic N) is 3. The first-order valence-electron chi connectivity index (χ1n) is 5.34. The van der Waals surface area contributed by atoms with Crippen molar-refractivity contribution in [3.8, 4) is 6.07 Å². The van der Waals surface area contributed by atoms with Crippen LogP contribution in [0.5, 0.6) is 0 Å². The summed E-state index contributed by atoms with van der Waals surface area (Å²) in [4.78, 5) is 6.45. The first kappa shape index (κ1) is 10.1. The molecule has 1 aliphatic rings. The average Bonchev–Trinajstić information content (AvgIpc) is 2.62. The van der Waals surface area contributed by atoms with Crippen LogP contribution >= 0.6 is 0 Å². The summed E-state index contributed by atoms with van der Waals surface area (Å²) in [5, 5.41) is 8.93. The van der Waals surface area contributed by atoms with Gasteiger partial charge in [0.15, 0.2) is 0 Å². The number of nitriles is 1. The van der Waals surface area contributed by atoms with E-state index in [-0.39, 0.29) is 5.92 Å². The number of rotatable bonds is 2. The summed E-state index contributed by atoms with van der Waals surface area (Å²) >= 11 is 0. The van der Waals surface area contributed by atoms with Gasteiger partial charge in [0.2, 0.25) is 0 Å². The van der Waals surface area contributed by atoms with E-state index in [0.717, 1.165) is 19.5 Å². The first-order valence-corrected chi connectivity index (χ1v) is 5.34. The third-order valence-electron chi connectivity index (χ3n) is 3.16. The second kappa shape index (κ2) is 4.41. The molecule has 1 fully saturated rings. The van der Waals surface area contributed by atoms with E-state index in [4.69, 9.17) is 5.26 Å². The smallest absolute Gasteiger partial charge is 0.0672 e. The molecule has 1 aromatic rings. The van der Waals surface area contributed by atoms with Crippen molar-refractivity contribution in [3.05, 3.63) is 30.1 Å². The third-order valence-corrected chi connectivity index (χ3v) is 3.16. The van der Waals surface area contributed by atoms with Crippen LogP contribution in [-0.4, -0.2) is 22.5 Å². The minimum absolute atomic E-state index is 0.196. The fourth-order valence-corrected chi connectivity index (χ4v) is 2.13. The predicted molar refractivity (Wildman–Crippen MR) is 57.8 cm³/mol. The standard InChI is InChI=1S/C12H15N3/c1-10-12(7-13)4-6-15(10)9-11-3-2-5-14-8-11/h2-3,5,8,10,12H,4,6,9H2,1H3. The summed E-state index contributed by atoms with van der Waals surface area (Å²) in [6.45, 7) is 4.07. The molecule has 3 heteroatoms. The molecule has 78 valence electrons. The van der Waals surface area contributed by atoms with Crippen LogP contribution in [0.25, 0.3) is 0 Å². The average molecular weight is 201 g/mol. The van der Waals surface area contributed by atoms with E-state index in [2.05, 4.69) is 28.9 Å². The number of pyridine rings is 1. The molecule has 0 saturated carbocycles. The molecule has 2 heterocycles. The highest BCUT2D eigenvalue weighted by Gasteiger charge is 2.30. The molecule has 2 atom stereocenters. The molecule has 3 nitrogen and oxygen atoms in total. The van der Waals surface area contributed by atoms with Crippen molar-refractivity contribution < 1.29 is 0 Å². The Morgan fingerprint density at radius 3 is 3.13 bits per heavy atom. The van der Waals surface area contributed by atoms with E-state index in [1.165, 1.54) is 5.56 Å². The van der Waals surface area contributed by atoms with Gasteiger partial charge in [-0.05, 0) is 25.0 Å². The Morgan fingerprint density at radius 1 is 1.67 bits per heavy atom. The molecule has 0 bridgehead atoms. The molecule has 1 saturated heterocycles. The Hall–Kier alpha value is -1.40. The van der Waals surface area contributed by atoms with E-state index < -0.39 is 0 Å².